The summed E-state index contributed by atoms with van der Waals surface area (Å²) in [4.78, 5) is 4.07. The van der Waals surface area contributed by atoms with Gasteiger partial charge in [0.2, 0.25) is 0 Å². The second kappa shape index (κ2) is 5.26. The van der Waals surface area contributed by atoms with Crippen molar-refractivity contribution in [2.24, 2.45) is 7.05 Å². The summed E-state index contributed by atoms with van der Waals surface area (Å²) in [7, 11) is -0.276. The Hall–Kier alpha value is -1.86. The molecular formula is C13H18N4O2S. The van der Waals surface area contributed by atoms with Crippen LogP contribution in [0, 0.1) is 6.92 Å². The minimum Gasteiger partial charge on any atom is -0.399 e. The summed E-state index contributed by atoms with van der Waals surface area (Å²) in [6, 6.07) is 7.12. The van der Waals surface area contributed by atoms with Crippen molar-refractivity contribution in [2.45, 2.75) is 18.5 Å². The Kier molecular flexibility index (Phi) is 3.82. The molecule has 1 aromatic heterocycles. The van der Waals surface area contributed by atoms with Crippen LogP contribution in [-0.4, -0.2) is 29.3 Å². The number of nitrogens with zero attached hydrogens (tertiary/aromatic N) is 3. The third-order valence-electron chi connectivity index (χ3n) is 3.15. The van der Waals surface area contributed by atoms with Crippen molar-refractivity contribution in [3.05, 3.63) is 41.9 Å². The molecule has 1 aromatic carbocycles. The van der Waals surface area contributed by atoms with Gasteiger partial charge in [-0.05, 0) is 24.6 Å². The standard InChI is InChI=1S/C13H18N4O2S/c1-10-15-13(9-16(10)2)20(18,19)17(3)8-11-4-6-12(14)7-5-11/h4-7,9H,8,14H2,1-3H3. The minimum absolute atomic E-state index is 0.0652. The van der Waals surface area contributed by atoms with Gasteiger partial charge in [0.1, 0.15) is 5.82 Å². The van der Waals surface area contributed by atoms with Gasteiger partial charge in [0.05, 0.1) is 0 Å². The summed E-state index contributed by atoms with van der Waals surface area (Å²) in [6.07, 6.45) is 1.52. The summed E-state index contributed by atoms with van der Waals surface area (Å²) in [6.45, 7) is 2.04. The van der Waals surface area contributed by atoms with E-state index in [0.717, 1.165) is 5.56 Å². The monoisotopic (exact) mass is 294 g/mol. The average molecular weight is 294 g/mol. The predicted octanol–water partition coefficient (Wildman–Crippen LogP) is 1.13. The van der Waals surface area contributed by atoms with Gasteiger partial charge in [-0.15, -0.1) is 0 Å². The predicted molar refractivity (Wildman–Crippen MR) is 77.5 cm³/mol. The van der Waals surface area contributed by atoms with Crippen LogP contribution in [0.3, 0.4) is 0 Å². The van der Waals surface area contributed by atoms with Crippen LogP contribution < -0.4 is 5.73 Å². The first kappa shape index (κ1) is 14.5. The Labute approximate surface area is 118 Å². The Balaban J connectivity index is 2.23. The second-order valence-corrected chi connectivity index (χ2v) is 6.73. The molecule has 0 aliphatic rings. The first-order valence-electron chi connectivity index (χ1n) is 6.11. The average Bonchev–Trinajstić information content (AvgIpc) is 2.73. The molecule has 20 heavy (non-hydrogen) atoms. The number of nitrogen functional groups attached to an aromatic ring is 1. The molecule has 2 N–H and O–H groups in total. The van der Waals surface area contributed by atoms with Crippen molar-refractivity contribution in [1.82, 2.24) is 13.9 Å². The Bertz CT molecular complexity index is 685. The zero-order valence-electron chi connectivity index (χ0n) is 11.7. The number of nitrogens with two attached hydrogens (primary N) is 1. The van der Waals surface area contributed by atoms with Crippen LogP contribution in [0.2, 0.25) is 0 Å². The van der Waals surface area contributed by atoms with Crippen LogP contribution in [-0.2, 0) is 23.6 Å². The van der Waals surface area contributed by atoms with Crippen LogP contribution in [0.25, 0.3) is 0 Å². The van der Waals surface area contributed by atoms with Crippen molar-refractivity contribution in [3.8, 4) is 0 Å². The maximum absolute atomic E-state index is 12.4. The number of aryl methyl sites for hydroxylation is 2. The summed E-state index contributed by atoms with van der Waals surface area (Å²) in [5.41, 5.74) is 7.13. The SMILES string of the molecule is Cc1nc(S(=O)(=O)N(C)Cc2ccc(N)cc2)cn1C. The maximum atomic E-state index is 12.4. The Morgan fingerprint density at radius 3 is 2.40 bits per heavy atom. The molecular weight excluding hydrogens is 276 g/mol. The zero-order valence-corrected chi connectivity index (χ0v) is 12.6. The molecule has 0 atom stereocenters. The number of hydrogen-bond acceptors (Lipinski definition) is 4. The van der Waals surface area contributed by atoms with E-state index in [1.165, 1.54) is 17.5 Å². The van der Waals surface area contributed by atoms with Gasteiger partial charge in [0.25, 0.3) is 10.0 Å². The van der Waals surface area contributed by atoms with Crippen LogP contribution in [0.4, 0.5) is 5.69 Å². The van der Waals surface area contributed by atoms with Gasteiger partial charge in [-0.1, -0.05) is 12.1 Å². The maximum Gasteiger partial charge on any atom is 0.262 e. The highest BCUT2D eigenvalue weighted by Crippen LogP contribution is 2.16. The number of hydrogen-bond donors (Lipinski definition) is 1. The number of aromatic nitrogens is 2. The van der Waals surface area contributed by atoms with E-state index in [-0.39, 0.29) is 11.6 Å². The van der Waals surface area contributed by atoms with E-state index in [2.05, 4.69) is 4.98 Å². The topological polar surface area (TPSA) is 81.2 Å². The normalized spacial score (nSPS) is 12.0. The van der Waals surface area contributed by atoms with Crippen LogP contribution >= 0.6 is 0 Å². The molecule has 0 fully saturated rings. The molecule has 0 radical (unpaired) electrons. The van der Waals surface area contributed by atoms with E-state index in [4.69, 9.17) is 5.73 Å². The molecule has 0 aliphatic heterocycles. The molecule has 0 aliphatic carbocycles. The number of rotatable bonds is 4. The number of imidazole rings is 1. The van der Waals surface area contributed by atoms with Gasteiger partial charge in [-0.2, -0.15) is 4.31 Å². The number of anilines is 1. The van der Waals surface area contributed by atoms with E-state index >= 15 is 0 Å². The highest BCUT2D eigenvalue weighted by molar-refractivity contribution is 7.89. The van der Waals surface area contributed by atoms with Gasteiger partial charge in [0.15, 0.2) is 5.03 Å². The first-order valence-corrected chi connectivity index (χ1v) is 7.55. The summed E-state index contributed by atoms with van der Waals surface area (Å²) < 4.78 is 27.8. The molecule has 0 saturated carbocycles. The number of benzene rings is 1. The molecule has 0 saturated heterocycles. The van der Waals surface area contributed by atoms with Gasteiger partial charge >= 0.3 is 0 Å². The lowest BCUT2D eigenvalue weighted by Crippen LogP contribution is -2.26. The van der Waals surface area contributed by atoms with Crippen molar-refractivity contribution in [3.63, 3.8) is 0 Å². The smallest absolute Gasteiger partial charge is 0.262 e. The molecule has 2 aromatic rings. The van der Waals surface area contributed by atoms with E-state index in [0.29, 0.717) is 11.5 Å². The second-order valence-electron chi connectivity index (χ2n) is 4.74. The lowest BCUT2D eigenvalue weighted by Gasteiger charge is -2.15. The molecule has 0 bridgehead atoms. The fourth-order valence-electron chi connectivity index (χ4n) is 1.78. The van der Waals surface area contributed by atoms with Crippen LogP contribution in [0.15, 0.2) is 35.5 Å². The van der Waals surface area contributed by atoms with E-state index in [9.17, 15) is 8.42 Å². The highest BCUT2D eigenvalue weighted by atomic mass is 32.2. The molecule has 0 amide bonds. The van der Waals surface area contributed by atoms with Crippen LogP contribution in [0.1, 0.15) is 11.4 Å². The van der Waals surface area contributed by atoms with E-state index < -0.39 is 10.0 Å². The Morgan fingerprint density at radius 1 is 1.30 bits per heavy atom. The fraction of sp³-hybridized carbons (Fsp3) is 0.308. The first-order chi connectivity index (χ1) is 9.30. The van der Waals surface area contributed by atoms with E-state index in [1.54, 1.807) is 30.7 Å². The quantitative estimate of drug-likeness (QED) is 0.857. The number of sulfonamides is 1. The van der Waals surface area contributed by atoms with E-state index in [1.807, 2.05) is 12.1 Å². The largest absolute Gasteiger partial charge is 0.399 e. The van der Waals surface area contributed by atoms with Gasteiger partial charge < -0.3 is 10.3 Å². The van der Waals surface area contributed by atoms with Gasteiger partial charge in [0, 0.05) is 32.5 Å². The van der Waals surface area contributed by atoms with Crippen molar-refractivity contribution >= 4 is 15.7 Å². The molecule has 0 unspecified atom stereocenters. The van der Waals surface area contributed by atoms with Crippen molar-refractivity contribution in [2.75, 3.05) is 12.8 Å². The molecule has 1 heterocycles. The van der Waals surface area contributed by atoms with Gasteiger partial charge in [-0.3, -0.25) is 0 Å². The Morgan fingerprint density at radius 2 is 1.90 bits per heavy atom. The molecule has 108 valence electrons. The summed E-state index contributed by atoms with van der Waals surface area (Å²) in [5, 5.41) is 0.0652. The fourth-order valence-corrected chi connectivity index (χ4v) is 2.95. The van der Waals surface area contributed by atoms with Crippen molar-refractivity contribution < 1.29 is 8.42 Å². The molecule has 2 rings (SSSR count). The molecule has 0 spiro atoms. The van der Waals surface area contributed by atoms with Crippen molar-refractivity contribution in [1.29, 1.82) is 0 Å². The zero-order chi connectivity index (χ0) is 14.9. The molecule has 6 nitrogen and oxygen atoms in total. The summed E-state index contributed by atoms with van der Waals surface area (Å²) in [5.74, 6) is 0.657. The lowest BCUT2D eigenvalue weighted by molar-refractivity contribution is 0.464. The third kappa shape index (κ3) is 2.83. The minimum atomic E-state index is -3.58. The summed E-state index contributed by atoms with van der Waals surface area (Å²) >= 11 is 0. The van der Waals surface area contributed by atoms with Crippen LogP contribution in [0.5, 0.6) is 0 Å². The van der Waals surface area contributed by atoms with Gasteiger partial charge in [-0.25, -0.2) is 13.4 Å². The molecule has 7 heteroatoms. The third-order valence-corrected chi connectivity index (χ3v) is 4.82. The lowest BCUT2D eigenvalue weighted by atomic mass is 10.2. The highest BCUT2D eigenvalue weighted by Gasteiger charge is 2.24.